The highest BCUT2D eigenvalue weighted by Crippen LogP contribution is 2.31. The summed E-state index contributed by atoms with van der Waals surface area (Å²) in [5.41, 5.74) is -0.170. The lowest BCUT2D eigenvalue weighted by atomic mass is 10.1. The molecule has 0 aliphatic heterocycles. The van der Waals surface area contributed by atoms with E-state index in [0.717, 1.165) is 0 Å². The molecule has 0 aliphatic rings. The maximum atomic E-state index is 12.0. The van der Waals surface area contributed by atoms with Crippen LogP contribution in [0.15, 0.2) is 18.2 Å². The van der Waals surface area contributed by atoms with Gasteiger partial charge in [-0.05, 0) is 26.0 Å². The summed E-state index contributed by atoms with van der Waals surface area (Å²) in [7, 11) is 4.54. The molecule has 0 atom stereocenters. The van der Waals surface area contributed by atoms with Gasteiger partial charge in [-0.25, -0.2) is 4.79 Å². The van der Waals surface area contributed by atoms with Crippen LogP contribution in [0.2, 0.25) is 0 Å². The number of para-hydroxylation sites is 1. The lowest BCUT2D eigenvalue weighted by molar-refractivity contribution is -0.218. The molecule has 0 aliphatic carbocycles. The third-order valence-electron chi connectivity index (χ3n) is 2.94. The number of benzene rings is 1. The topological polar surface area (TPSA) is 63.2 Å². The zero-order chi connectivity index (χ0) is 15.9. The molecule has 0 amide bonds. The Bertz CT molecular complexity index is 469. The largest absolute Gasteiger partial charge is 0.493 e. The first-order valence-corrected chi connectivity index (χ1v) is 6.40. The molecule has 6 nitrogen and oxygen atoms in total. The number of hydrogen-bond acceptors (Lipinski definition) is 6. The smallest absolute Gasteiger partial charge is 0.376 e. The normalized spacial score (nSPS) is 11.1. The summed E-state index contributed by atoms with van der Waals surface area (Å²) >= 11 is 0. The van der Waals surface area contributed by atoms with Crippen LogP contribution in [0, 0.1) is 6.61 Å². The van der Waals surface area contributed by atoms with Gasteiger partial charge in [0, 0.05) is 13.5 Å². The van der Waals surface area contributed by atoms with Crippen LogP contribution >= 0.6 is 0 Å². The molecule has 1 aromatic carbocycles. The van der Waals surface area contributed by atoms with E-state index in [9.17, 15) is 4.79 Å². The van der Waals surface area contributed by atoms with Gasteiger partial charge in [0.15, 0.2) is 11.5 Å². The fourth-order valence-electron chi connectivity index (χ4n) is 1.49. The molecule has 0 N–H and O–H groups in total. The van der Waals surface area contributed by atoms with Crippen LogP contribution in [0.4, 0.5) is 0 Å². The summed E-state index contributed by atoms with van der Waals surface area (Å²) in [6.45, 7) is 5.15. The number of carbonyl (C=O) groups excluding carboxylic acids is 1. The molecular formula is C15H21O6. The van der Waals surface area contributed by atoms with Gasteiger partial charge < -0.3 is 14.2 Å². The van der Waals surface area contributed by atoms with E-state index in [-0.39, 0.29) is 11.2 Å². The molecule has 1 aromatic rings. The first-order chi connectivity index (χ1) is 9.95. The second kappa shape index (κ2) is 7.85. The second-order valence-electron chi connectivity index (χ2n) is 4.84. The summed E-state index contributed by atoms with van der Waals surface area (Å²) in [4.78, 5) is 21.5. The van der Waals surface area contributed by atoms with Gasteiger partial charge in [0.05, 0.1) is 19.8 Å². The third kappa shape index (κ3) is 4.91. The highest BCUT2D eigenvalue weighted by molar-refractivity contribution is 5.93. The number of hydrogen-bond donors (Lipinski definition) is 0. The van der Waals surface area contributed by atoms with Crippen LogP contribution in [0.1, 0.15) is 30.6 Å². The van der Waals surface area contributed by atoms with Crippen molar-refractivity contribution < 1.29 is 28.8 Å². The maximum Gasteiger partial charge on any atom is 0.376 e. The van der Waals surface area contributed by atoms with E-state index >= 15 is 0 Å². The number of ether oxygens (including phenoxy) is 3. The molecule has 117 valence electrons. The molecule has 1 rings (SSSR count). The highest BCUT2D eigenvalue weighted by Gasteiger charge is 2.20. The first kappa shape index (κ1) is 17.3. The Morgan fingerprint density at radius 1 is 1.19 bits per heavy atom. The Kier molecular flexibility index (Phi) is 6.45. The van der Waals surface area contributed by atoms with Crippen LogP contribution in [-0.2, 0) is 14.5 Å². The second-order valence-corrected chi connectivity index (χ2v) is 4.84. The Morgan fingerprint density at radius 3 is 2.48 bits per heavy atom. The van der Waals surface area contributed by atoms with Crippen molar-refractivity contribution in [3.63, 3.8) is 0 Å². The van der Waals surface area contributed by atoms with Crippen LogP contribution < -0.4 is 9.47 Å². The van der Waals surface area contributed by atoms with Gasteiger partial charge in [-0.15, -0.1) is 0 Å². The maximum absolute atomic E-state index is 12.0. The molecule has 6 heteroatoms. The van der Waals surface area contributed by atoms with Gasteiger partial charge in [-0.3, -0.25) is 4.89 Å². The standard InChI is InChI=1S/C15H21O6/c1-15(2,19-5)9-10-20-21-14(16)11-7-6-8-12(17-3)13(11)18-4/h6-8,10H,9H2,1-5H3. The van der Waals surface area contributed by atoms with Gasteiger partial charge in [0.25, 0.3) is 0 Å². The zero-order valence-electron chi connectivity index (χ0n) is 13.0. The Hall–Kier alpha value is -1.79. The van der Waals surface area contributed by atoms with Crippen LogP contribution in [0.5, 0.6) is 11.5 Å². The summed E-state index contributed by atoms with van der Waals surface area (Å²) in [6.07, 6.45) is 0.464. The van der Waals surface area contributed by atoms with Crippen molar-refractivity contribution >= 4 is 5.97 Å². The molecular weight excluding hydrogens is 276 g/mol. The molecule has 0 unspecified atom stereocenters. The van der Waals surface area contributed by atoms with Crippen LogP contribution in [0.25, 0.3) is 0 Å². The van der Waals surface area contributed by atoms with Crippen LogP contribution in [0.3, 0.4) is 0 Å². The molecule has 1 radical (unpaired) electrons. The summed E-state index contributed by atoms with van der Waals surface area (Å²) in [5, 5.41) is 0. The lowest BCUT2D eigenvalue weighted by Crippen LogP contribution is -2.23. The zero-order valence-corrected chi connectivity index (χ0v) is 13.0. The fraction of sp³-hybridized carbons (Fsp3) is 0.467. The van der Waals surface area contributed by atoms with E-state index in [1.54, 1.807) is 25.3 Å². The Labute approximate surface area is 124 Å². The third-order valence-corrected chi connectivity index (χ3v) is 2.94. The monoisotopic (exact) mass is 297 g/mol. The molecule has 0 heterocycles. The van der Waals surface area contributed by atoms with Crippen molar-refractivity contribution in [3.8, 4) is 11.5 Å². The molecule has 0 saturated heterocycles. The van der Waals surface area contributed by atoms with Crippen LogP contribution in [-0.4, -0.2) is 32.9 Å². The van der Waals surface area contributed by atoms with Crippen molar-refractivity contribution in [2.45, 2.75) is 25.9 Å². The molecule has 0 saturated carbocycles. The molecule has 0 spiro atoms. The number of carbonyl (C=O) groups is 1. The van der Waals surface area contributed by atoms with Crippen molar-refractivity contribution in [1.82, 2.24) is 0 Å². The fourth-order valence-corrected chi connectivity index (χ4v) is 1.49. The van der Waals surface area contributed by atoms with E-state index in [2.05, 4.69) is 0 Å². The lowest BCUT2D eigenvalue weighted by Gasteiger charge is -2.21. The minimum atomic E-state index is -0.669. The SMILES string of the molecule is COc1cccc(C(=O)OO[CH]CC(C)(C)OC)c1OC. The predicted molar refractivity (Wildman–Crippen MR) is 76.1 cm³/mol. The minimum absolute atomic E-state index is 0.219. The predicted octanol–water partition coefficient (Wildman–Crippen LogP) is 2.77. The number of methoxy groups -OCH3 is 3. The highest BCUT2D eigenvalue weighted by atomic mass is 17.2. The molecule has 0 bridgehead atoms. The molecule has 0 aromatic heterocycles. The van der Waals surface area contributed by atoms with Crippen molar-refractivity contribution in [3.05, 3.63) is 30.4 Å². The van der Waals surface area contributed by atoms with E-state index in [0.29, 0.717) is 17.9 Å². The van der Waals surface area contributed by atoms with Gasteiger partial charge in [-0.1, -0.05) is 6.07 Å². The average molecular weight is 297 g/mol. The first-order valence-electron chi connectivity index (χ1n) is 6.40. The minimum Gasteiger partial charge on any atom is -0.493 e. The van der Waals surface area contributed by atoms with E-state index in [1.807, 2.05) is 13.8 Å². The number of rotatable bonds is 8. The molecule has 21 heavy (non-hydrogen) atoms. The summed E-state index contributed by atoms with van der Waals surface area (Å²) in [5.74, 6) is 0.0690. The van der Waals surface area contributed by atoms with E-state index < -0.39 is 5.97 Å². The Balaban J connectivity index is 2.61. The summed E-state index contributed by atoms with van der Waals surface area (Å²) < 4.78 is 15.5. The average Bonchev–Trinajstić information content (AvgIpc) is 2.50. The van der Waals surface area contributed by atoms with E-state index in [1.165, 1.54) is 20.8 Å². The van der Waals surface area contributed by atoms with Gasteiger partial charge >= 0.3 is 5.97 Å². The van der Waals surface area contributed by atoms with Gasteiger partial charge in [-0.2, -0.15) is 4.89 Å². The van der Waals surface area contributed by atoms with Crippen molar-refractivity contribution in [2.75, 3.05) is 21.3 Å². The summed E-state index contributed by atoms with van der Waals surface area (Å²) in [6, 6.07) is 4.91. The molecule has 0 fully saturated rings. The Morgan fingerprint density at radius 2 is 1.90 bits per heavy atom. The van der Waals surface area contributed by atoms with Crippen molar-refractivity contribution in [1.29, 1.82) is 0 Å². The van der Waals surface area contributed by atoms with Gasteiger partial charge in [0.1, 0.15) is 12.2 Å². The van der Waals surface area contributed by atoms with E-state index in [4.69, 9.17) is 24.0 Å². The quantitative estimate of drug-likeness (QED) is 0.418. The van der Waals surface area contributed by atoms with Crippen molar-refractivity contribution in [2.24, 2.45) is 0 Å². The van der Waals surface area contributed by atoms with Gasteiger partial charge in [0.2, 0.25) is 0 Å².